The third kappa shape index (κ3) is 2.81. The molecule has 0 atom stereocenters. The fourth-order valence-electron chi connectivity index (χ4n) is 2.02. The summed E-state index contributed by atoms with van der Waals surface area (Å²) < 4.78 is 1.74. The van der Waals surface area contributed by atoms with E-state index in [-0.39, 0.29) is 0 Å². The van der Waals surface area contributed by atoms with Gasteiger partial charge in [0.15, 0.2) is 5.65 Å². The van der Waals surface area contributed by atoms with Crippen molar-refractivity contribution in [3.63, 3.8) is 0 Å². The van der Waals surface area contributed by atoms with Gasteiger partial charge in [0, 0.05) is 26.1 Å². The minimum absolute atomic E-state index is 0.299. The maximum atomic E-state index is 5.59. The molecule has 0 saturated heterocycles. The van der Waals surface area contributed by atoms with E-state index in [1.54, 1.807) is 17.2 Å². The summed E-state index contributed by atoms with van der Waals surface area (Å²) in [6, 6.07) is 0.299. The second-order valence-electron chi connectivity index (χ2n) is 4.71. The molecule has 2 heterocycles. The quantitative estimate of drug-likeness (QED) is 0.830. The van der Waals surface area contributed by atoms with Crippen molar-refractivity contribution in [1.82, 2.24) is 19.7 Å². The maximum absolute atomic E-state index is 5.59. The normalized spacial score (nSPS) is 11.2. The number of anilines is 1. The van der Waals surface area contributed by atoms with E-state index in [1.807, 2.05) is 7.05 Å². The van der Waals surface area contributed by atoms with Gasteiger partial charge in [-0.25, -0.2) is 9.97 Å². The predicted molar refractivity (Wildman–Crippen MR) is 80.2 cm³/mol. The van der Waals surface area contributed by atoms with Crippen LogP contribution >= 0.6 is 12.2 Å². The number of rotatable bonds is 5. The molecule has 0 bridgehead atoms. The fourth-order valence-corrected chi connectivity index (χ4v) is 2.11. The molecule has 0 spiro atoms. The van der Waals surface area contributed by atoms with Crippen LogP contribution in [0.3, 0.4) is 0 Å². The van der Waals surface area contributed by atoms with Crippen molar-refractivity contribution >= 4 is 34.1 Å². The van der Waals surface area contributed by atoms with Gasteiger partial charge in [-0.15, -0.1) is 0 Å². The van der Waals surface area contributed by atoms with E-state index in [9.17, 15) is 0 Å². The third-order valence-corrected chi connectivity index (χ3v) is 3.21. The molecular formula is C12H18N6S. The van der Waals surface area contributed by atoms with Crippen LogP contribution in [0.5, 0.6) is 0 Å². The zero-order valence-electron chi connectivity index (χ0n) is 11.4. The predicted octanol–water partition coefficient (Wildman–Crippen LogP) is 1.25. The Balaban J connectivity index is 2.41. The smallest absolute Gasteiger partial charge is 0.163 e. The number of aryl methyl sites for hydroxylation is 1. The van der Waals surface area contributed by atoms with Gasteiger partial charge in [-0.05, 0) is 13.8 Å². The summed E-state index contributed by atoms with van der Waals surface area (Å²) >= 11 is 4.95. The topological polar surface area (TPSA) is 72.9 Å². The Hall–Kier alpha value is -1.76. The fraction of sp³-hybridized carbons (Fsp3) is 0.500. The Kier molecular flexibility index (Phi) is 3.94. The first-order valence-corrected chi connectivity index (χ1v) is 6.59. The van der Waals surface area contributed by atoms with E-state index in [0.29, 0.717) is 17.5 Å². The molecule has 0 aliphatic rings. The standard InChI is InChI=1S/C12H18N6S/c1-8(2)18(5-4-10(13)19)12-9-6-16-17(3)11(9)14-7-15-12/h6-8H,4-5H2,1-3H3,(H2,13,19). The van der Waals surface area contributed by atoms with E-state index >= 15 is 0 Å². The lowest BCUT2D eigenvalue weighted by Gasteiger charge is -2.28. The number of fused-ring (bicyclic) bond motifs is 1. The van der Waals surface area contributed by atoms with E-state index in [2.05, 4.69) is 33.8 Å². The maximum Gasteiger partial charge on any atom is 0.163 e. The minimum Gasteiger partial charge on any atom is -0.393 e. The average molecular weight is 278 g/mol. The number of nitrogens with two attached hydrogens (primary N) is 1. The molecule has 19 heavy (non-hydrogen) atoms. The highest BCUT2D eigenvalue weighted by Crippen LogP contribution is 2.23. The molecule has 0 saturated carbocycles. The van der Waals surface area contributed by atoms with E-state index in [4.69, 9.17) is 18.0 Å². The molecule has 0 aliphatic heterocycles. The number of aromatic nitrogens is 4. The van der Waals surface area contributed by atoms with Gasteiger partial charge < -0.3 is 10.6 Å². The molecule has 2 rings (SSSR count). The molecule has 6 nitrogen and oxygen atoms in total. The Morgan fingerprint density at radius 2 is 2.21 bits per heavy atom. The number of hydrogen-bond acceptors (Lipinski definition) is 5. The van der Waals surface area contributed by atoms with Crippen molar-refractivity contribution in [1.29, 1.82) is 0 Å². The third-order valence-electron chi connectivity index (χ3n) is 3.00. The van der Waals surface area contributed by atoms with E-state index in [1.165, 1.54) is 0 Å². The van der Waals surface area contributed by atoms with Crippen LogP contribution in [-0.2, 0) is 7.05 Å². The summed E-state index contributed by atoms with van der Waals surface area (Å²) in [7, 11) is 1.87. The summed E-state index contributed by atoms with van der Waals surface area (Å²) in [4.78, 5) is 11.3. The van der Waals surface area contributed by atoms with Crippen molar-refractivity contribution in [2.24, 2.45) is 12.8 Å². The molecule has 0 fully saturated rings. The van der Waals surface area contributed by atoms with Crippen LogP contribution in [0.2, 0.25) is 0 Å². The average Bonchev–Trinajstić information content (AvgIpc) is 2.72. The number of thiocarbonyl (C=S) groups is 1. The molecule has 0 unspecified atom stereocenters. The van der Waals surface area contributed by atoms with Gasteiger partial charge in [-0.2, -0.15) is 5.10 Å². The largest absolute Gasteiger partial charge is 0.393 e. The molecule has 2 aromatic rings. The van der Waals surface area contributed by atoms with Crippen LogP contribution in [0.25, 0.3) is 11.0 Å². The van der Waals surface area contributed by atoms with Crippen LogP contribution in [-0.4, -0.2) is 37.3 Å². The monoisotopic (exact) mass is 278 g/mol. The summed E-state index contributed by atoms with van der Waals surface area (Å²) in [5.74, 6) is 0.879. The van der Waals surface area contributed by atoms with Gasteiger partial charge in [0.05, 0.1) is 16.6 Å². The summed E-state index contributed by atoms with van der Waals surface area (Å²) in [5, 5.41) is 5.18. The molecule has 102 valence electrons. The molecule has 2 aromatic heterocycles. The van der Waals surface area contributed by atoms with Gasteiger partial charge in [0.1, 0.15) is 12.1 Å². The highest BCUT2D eigenvalue weighted by atomic mass is 32.1. The summed E-state index contributed by atoms with van der Waals surface area (Å²) in [6.07, 6.45) is 4.02. The van der Waals surface area contributed by atoms with Crippen LogP contribution in [0.1, 0.15) is 20.3 Å². The second kappa shape index (κ2) is 5.48. The molecule has 7 heteroatoms. The van der Waals surface area contributed by atoms with Gasteiger partial charge in [0.25, 0.3) is 0 Å². The Morgan fingerprint density at radius 1 is 1.47 bits per heavy atom. The SMILES string of the molecule is CC(C)N(CCC(N)=S)c1ncnc2c1cnn2C. The Labute approximate surface area is 117 Å². The molecule has 0 aliphatic carbocycles. The Bertz CT molecular complexity index is 591. The Morgan fingerprint density at radius 3 is 2.84 bits per heavy atom. The summed E-state index contributed by atoms with van der Waals surface area (Å²) in [6.45, 7) is 4.97. The van der Waals surface area contributed by atoms with Crippen molar-refractivity contribution in [2.75, 3.05) is 11.4 Å². The van der Waals surface area contributed by atoms with Crippen molar-refractivity contribution in [3.05, 3.63) is 12.5 Å². The first-order chi connectivity index (χ1) is 9.00. The lowest BCUT2D eigenvalue weighted by molar-refractivity contribution is 0.683. The van der Waals surface area contributed by atoms with E-state index < -0.39 is 0 Å². The van der Waals surface area contributed by atoms with Gasteiger partial charge in [-0.3, -0.25) is 4.68 Å². The highest BCUT2D eigenvalue weighted by Gasteiger charge is 2.17. The number of hydrogen-bond donors (Lipinski definition) is 1. The second-order valence-corrected chi connectivity index (χ2v) is 5.23. The van der Waals surface area contributed by atoms with Crippen molar-refractivity contribution < 1.29 is 0 Å². The molecule has 0 aromatic carbocycles. The molecule has 0 radical (unpaired) electrons. The van der Waals surface area contributed by atoms with Gasteiger partial charge in [0.2, 0.25) is 0 Å². The van der Waals surface area contributed by atoms with Gasteiger partial charge in [-0.1, -0.05) is 12.2 Å². The zero-order valence-corrected chi connectivity index (χ0v) is 12.2. The first kappa shape index (κ1) is 13.7. The van der Waals surface area contributed by atoms with Crippen LogP contribution in [0.15, 0.2) is 12.5 Å². The lowest BCUT2D eigenvalue weighted by atomic mass is 10.2. The molecule has 0 amide bonds. The highest BCUT2D eigenvalue weighted by molar-refractivity contribution is 7.80. The first-order valence-electron chi connectivity index (χ1n) is 6.18. The number of nitrogens with zero attached hydrogens (tertiary/aromatic N) is 5. The molecular weight excluding hydrogens is 260 g/mol. The summed E-state index contributed by atoms with van der Waals surface area (Å²) in [5.41, 5.74) is 6.42. The lowest BCUT2D eigenvalue weighted by Crippen LogP contribution is -2.34. The zero-order chi connectivity index (χ0) is 14.0. The van der Waals surface area contributed by atoms with Crippen LogP contribution < -0.4 is 10.6 Å². The molecule has 2 N–H and O–H groups in total. The van der Waals surface area contributed by atoms with Crippen LogP contribution in [0.4, 0.5) is 5.82 Å². The van der Waals surface area contributed by atoms with Crippen LogP contribution in [0, 0.1) is 0 Å². The van der Waals surface area contributed by atoms with Crippen molar-refractivity contribution in [2.45, 2.75) is 26.3 Å². The minimum atomic E-state index is 0.299. The van der Waals surface area contributed by atoms with Gasteiger partial charge >= 0.3 is 0 Å². The van der Waals surface area contributed by atoms with Crippen molar-refractivity contribution in [3.8, 4) is 0 Å². The van der Waals surface area contributed by atoms with E-state index in [0.717, 1.165) is 23.4 Å².